The first-order chi connectivity index (χ1) is 9.25. The van der Waals surface area contributed by atoms with Gasteiger partial charge in [-0.05, 0) is 31.9 Å². The summed E-state index contributed by atoms with van der Waals surface area (Å²) in [5.41, 5.74) is 2.09. The van der Waals surface area contributed by atoms with Crippen LogP contribution in [0.3, 0.4) is 0 Å². The summed E-state index contributed by atoms with van der Waals surface area (Å²) in [6.45, 7) is 2.50. The third-order valence-electron chi connectivity index (χ3n) is 3.42. The monoisotopic (exact) mass is 255 g/mol. The molecule has 0 atom stereocenters. The fraction of sp³-hybridized carbons (Fsp3) is 0.333. The lowest BCUT2D eigenvalue weighted by Crippen LogP contribution is -2.25. The summed E-state index contributed by atoms with van der Waals surface area (Å²) in [6, 6.07) is 10.1. The lowest BCUT2D eigenvalue weighted by molar-refractivity contribution is -0.122. The van der Waals surface area contributed by atoms with Crippen molar-refractivity contribution in [2.24, 2.45) is 5.92 Å². The van der Waals surface area contributed by atoms with E-state index in [0.29, 0.717) is 6.54 Å². The van der Waals surface area contributed by atoms with Crippen molar-refractivity contribution >= 4 is 5.91 Å². The highest BCUT2D eigenvalue weighted by atomic mass is 16.2. The maximum atomic E-state index is 11.7. The van der Waals surface area contributed by atoms with E-state index in [1.165, 1.54) is 0 Å². The molecule has 0 aliphatic heterocycles. The van der Waals surface area contributed by atoms with Crippen LogP contribution >= 0.6 is 0 Å². The van der Waals surface area contributed by atoms with Crippen LogP contribution in [0.2, 0.25) is 0 Å². The summed E-state index contributed by atoms with van der Waals surface area (Å²) >= 11 is 0. The smallest absolute Gasteiger partial charge is 0.223 e. The number of benzene rings is 1. The van der Waals surface area contributed by atoms with E-state index in [4.69, 9.17) is 0 Å². The summed E-state index contributed by atoms with van der Waals surface area (Å²) in [4.78, 5) is 16.0. The van der Waals surface area contributed by atoms with E-state index in [-0.39, 0.29) is 11.8 Å². The van der Waals surface area contributed by atoms with Gasteiger partial charge in [-0.2, -0.15) is 0 Å². The van der Waals surface area contributed by atoms with Crippen molar-refractivity contribution < 1.29 is 4.79 Å². The molecule has 0 spiro atoms. The zero-order chi connectivity index (χ0) is 13.2. The van der Waals surface area contributed by atoms with Crippen LogP contribution in [0.4, 0.5) is 0 Å². The van der Waals surface area contributed by atoms with Crippen LogP contribution in [0, 0.1) is 12.8 Å². The number of carbonyl (C=O) groups excluding carboxylic acids is 1. The second-order valence-electron chi connectivity index (χ2n) is 4.96. The molecule has 1 aromatic carbocycles. The van der Waals surface area contributed by atoms with E-state index in [9.17, 15) is 4.79 Å². The highest BCUT2D eigenvalue weighted by molar-refractivity contribution is 5.80. The van der Waals surface area contributed by atoms with Gasteiger partial charge in [0.2, 0.25) is 5.91 Å². The molecule has 98 valence electrons. The molecule has 19 heavy (non-hydrogen) atoms. The molecule has 1 heterocycles. The first kappa shape index (κ1) is 12.0. The van der Waals surface area contributed by atoms with Gasteiger partial charge < -0.3 is 5.32 Å². The number of rotatable bonds is 4. The molecule has 3 rings (SSSR count). The minimum absolute atomic E-state index is 0.165. The van der Waals surface area contributed by atoms with Crippen molar-refractivity contribution in [2.75, 3.05) is 0 Å². The predicted octanol–water partition coefficient (Wildman–Crippen LogP) is 2.21. The average Bonchev–Trinajstić information content (AvgIpc) is 3.21. The van der Waals surface area contributed by atoms with Gasteiger partial charge in [0, 0.05) is 11.6 Å². The SMILES string of the molecule is Cc1ncc(CNC(=O)C2CC2)n1-c1ccccc1. The number of aromatic nitrogens is 2. The molecule has 0 bridgehead atoms. The molecule has 0 saturated heterocycles. The topological polar surface area (TPSA) is 46.9 Å². The molecule has 4 nitrogen and oxygen atoms in total. The molecule has 1 aromatic heterocycles. The molecule has 0 unspecified atom stereocenters. The van der Waals surface area contributed by atoms with E-state index in [1.54, 1.807) is 0 Å². The molecule has 0 radical (unpaired) electrons. The van der Waals surface area contributed by atoms with Crippen molar-refractivity contribution in [1.82, 2.24) is 14.9 Å². The first-order valence-corrected chi connectivity index (χ1v) is 6.62. The number of aryl methyl sites for hydroxylation is 1. The predicted molar refractivity (Wildman–Crippen MR) is 72.9 cm³/mol. The van der Waals surface area contributed by atoms with E-state index >= 15 is 0 Å². The number of hydrogen-bond acceptors (Lipinski definition) is 2. The Morgan fingerprint density at radius 1 is 1.37 bits per heavy atom. The number of carbonyl (C=O) groups is 1. The van der Waals surface area contributed by atoms with Crippen LogP contribution in [0.25, 0.3) is 5.69 Å². The summed E-state index contributed by atoms with van der Waals surface area (Å²) < 4.78 is 2.08. The third-order valence-corrected chi connectivity index (χ3v) is 3.42. The minimum atomic E-state index is 0.165. The Hall–Kier alpha value is -2.10. The quantitative estimate of drug-likeness (QED) is 0.910. The molecule has 1 amide bonds. The van der Waals surface area contributed by atoms with Gasteiger partial charge in [-0.15, -0.1) is 0 Å². The van der Waals surface area contributed by atoms with E-state index in [2.05, 4.69) is 14.9 Å². The standard InChI is InChI=1S/C15H17N3O/c1-11-16-9-14(10-17-15(19)12-7-8-12)18(11)13-5-3-2-4-6-13/h2-6,9,12H,7-8,10H2,1H3,(H,17,19). The van der Waals surface area contributed by atoms with Crippen LogP contribution in [0.15, 0.2) is 36.5 Å². The van der Waals surface area contributed by atoms with Gasteiger partial charge in [-0.25, -0.2) is 4.98 Å². The van der Waals surface area contributed by atoms with E-state index in [0.717, 1.165) is 30.0 Å². The summed E-state index contributed by atoms with van der Waals surface area (Å²) in [6.07, 6.45) is 3.89. The molecule has 4 heteroatoms. The van der Waals surface area contributed by atoms with Crippen LogP contribution in [0.1, 0.15) is 24.4 Å². The number of para-hydroxylation sites is 1. The number of amides is 1. The summed E-state index contributed by atoms with van der Waals surface area (Å²) in [7, 11) is 0. The van der Waals surface area contributed by atoms with Gasteiger partial charge in [0.05, 0.1) is 18.4 Å². The largest absolute Gasteiger partial charge is 0.350 e. The maximum absolute atomic E-state index is 11.7. The second kappa shape index (κ2) is 4.88. The number of nitrogens with one attached hydrogen (secondary N) is 1. The molecule has 1 aliphatic carbocycles. The Kier molecular flexibility index (Phi) is 3.07. The molecule has 1 aliphatic rings. The minimum Gasteiger partial charge on any atom is -0.350 e. The molecule has 1 fully saturated rings. The Labute approximate surface area is 112 Å². The van der Waals surface area contributed by atoms with Gasteiger partial charge in [-0.1, -0.05) is 18.2 Å². The molecular formula is C15H17N3O. The number of imidazole rings is 1. The van der Waals surface area contributed by atoms with Crippen molar-refractivity contribution in [1.29, 1.82) is 0 Å². The van der Waals surface area contributed by atoms with Crippen LogP contribution < -0.4 is 5.32 Å². The zero-order valence-corrected chi connectivity index (χ0v) is 11.0. The van der Waals surface area contributed by atoms with Gasteiger partial charge in [-0.3, -0.25) is 9.36 Å². The van der Waals surface area contributed by atoms with Crippen molar-refractivity contribution in [3.05, 3.63) is 48.0 Å². The Morgan fingerprint density at radius 2 is 2.11 bits per heavy atom. The molecule has 1 saturated carbocycles. The van der Waals surface area contributed by atoms with Crippen LogP contribution in [0.5, 0.6) is 0 Å². The van der Waals surface area contributed by atoms with Gasteiger partial charge >= 0.3 is 0 Å². The summed E-state index contributed by atoms with van der Waals surface area (Å²) in [5, 5.41) is 2.98. The lowest BCUT2D eigenvalue weighted by Gasteiger charge is -2.11. The fourth-order valence-electron chi connectivity index (χ4n) is 2.21. The normalized spacial score (nSPS) is 14.4. The van der Waals surface area contributed by atoms with Crippen LogP contribution in [-0.2, 0) is 11.3 Å². The third kappa shape index (κ3) is 2.52. The Balaban J connectivity index is 1.80. The van der Waals surface area contributed by atoms with Crippen LogP contribution in [-0.4, -0.2) is 15.5 Å². The van der Waals surface area contributed by atoms with Crippen molar-refractivity contribution in [2.45, 2.75) is 26.3 Å². The van der Waals surface area contributed by atoms with Crippen molar-refractivity contribution in [3.8, 4) is 5.69 Å². The first-order valence-electron chi connectivity index (χ1n) is 6.62. The maximum Gasteiger partial charge on any atom is 0.223 e. The fourth-order valence-corrected chi connectivity index (χ4v) is 2.21. The lowest BCUT2D eigenvalue weighted by atomic mass is 10.3. The number of nitrogens with zero attached hydrogens (tertiary/aromatic N) is 2. The Morgan fingerprint density at radius 3 is 2.79 bits per heavy atom. The van der Waals surface area contributed by atoms with Crippen molar-refractivity contribution in [3.63, 3.8) is 0 Å². The van der Waals surface area contributed by atoms with E-state index < -0.39 is 0 Å². The van der Waals surface area contributed by atoms with E-state index in [1.807, 2.05) is 43.5 Å². The molecule has 1 N–H and O–H groups in total. The molecule has 2 aromatic rings. The Bertz CT molecular complexity index is 585. The average molecular weight is 255 g/mol. The molecular weight excluding hydrogens is 238 g/mol. The number of hydrogen-bond donors (Lipinski definition) is 1. The van der Waals surface area contributed by atoms with Gasteiger partial charge in [0.25, 0.3) is 0 Å². The highest BCUT2D eigenvalue weighted by Crippen LogP contribution is 2.28. The second-order valence-corrected chi connectivity index (χ2v) is 4.96. The summed E-state index contributed by atoms with van der Waals surface area (Å²) in [5.74, 6) is 1.34. The van der Waals surface area contributed by atoms with Gasteiger partial charge in [0.15, 0.2) is 0 Å². The highest BCUT2D eigenvalue weighted by Gasteiger charge is 2.29. The van der Waals surface area contributed by atoms with Gasteiger partial charge in [0.1, 0.15) is 5.82 Å². The zero-order valence-electron chi connectivity index (χ0n) is 11.0.